The first-order chi connectivity index (χ1) is 5.27. The first-order valence-corrected chi connectivity index (χ1v) is 4.48. The van der Waals surface area contributed by atoms with Gasteiger partial charge in [-0.15, -0.1) is 0 Å². The molecule has 0 saturated heterocycles. The van der Waals surface area contributed by atoms with Crippen LogP contribution in [0.2, 0.25) is 0 Å². The summed E-state index contributed by atoms with van der Waals surface area (Å²) in [6.45, 7) is 0. The Morgan fingerprint density at radius 3 is 2.91 bits per heavy atom. The van der Waals surface area contributed by atoms with Crippen molar-refractivity contribution in [2.24, 2.45) is 11.8 Å². The maximum absolute atomic E-state index is 11.2. The Bertz CT molecular complexity index is 176. The molecule has 2 aliphatic carbocycles. The fourth-order valence-corrected chi connectivity index (χ4v) is 2.38. The van der Waals surface area contributed by atoms with Gasteiger partial charge in [0.05, 0.1) is 6.10 Å². The number of hydrogen-bond donors (Lipinski definition) is 1. The summed E-state index contributed by atoms with van der Waals surface area (Å²) in [6, 6.07) is 0. The van der Waals surface area contributed by atoms with Crippen molar-refractivity contribution in [2.75, 3.05) is 0 Å². The number of carbonyl (C=O) groups is 1. The van der Waals surface area contributed by atoms with E-state index in [1.54, 1.807) is 0 Å². The van der Waals surface area contributed by atoms with E-state index < -0.39 is 0 Å². The molecule has 0 aromatic rings. The van der Waals surface area contributed by atoms with Gasteiger partial charge in [0.1, 0.15) is 5.78 Å². The van der Waals surface area contributed by atoms with Crippen LogP contribution >= 0.6 is 0 Å². The van der Waals surface area contributed by atoms with Crippen molar-refractivity contribution in [1.29, 1.82) is 0 Å². The largest absolute Gasteiger partial charge is 0.393 e. The molecule has 62 valence electrons. The fraction of sp³-hybridized carbons (Fsp3) is 0.889. The highest BCUT2D eigenvalue weighted by molar-refractivity contribution is 5.81. The molecule has 2 fully saturated rings. The van der Waals surface area contributed by atoms with Gasteiger partial charge < -0.3 is 5.11 Å². The summed E-state index contributed by atoms with van der Waals surface area (Å²) >= 11 is 0. The van der Waals surface area contributed by atoms with Crippen molar-refractivity contribution in [1.82, 2.24) is 0 Å². The third kappa shape index (κ3) is 1.20. The Kier molecular flexibility index (Phi) is 1.72. The van der Waals surface area contributed by atoms with Gasteiger partial charge in [-0.3, -0.25) is 4.79 Å². The molecule has 0 aromatic heterocycles. The van der Waals surface area contributed by atoms with Gasteiger partial charge in [0.25, 0.3) is 0 Å². The number of aliphatic hydroxyl groups excluding tert-OH is 1. The molecular weight excluding hydrogens is 140 g/mol. The van der Waals surface area contributed by atoms with Crippen molar-refractivity contribution in [3.05, 3.63) is 0 Å². The molecule has 2 rings (SSSR count). The Morgan fingerprint density at radius 2 is 2.09 bits per heavy atom. The predicted octanol–water partition coefficient (Wildman–Crippen LogP) is 1.13. The zero-order valence-corrected chi connectivity index (χ0v) is 6.62. The Labute approximate surface area is 66.6 Å². The summed E-state index contributed by atoms with van der Waals surface area (Å²) in [5, 5.41) is 9.50. The van der Waals surface area contributed by atoms with E-state index >= 15 is 0 Å². The lowest BCUT2D eigenvalue weighted by Gasteiger charge is -2.36. The molecule has 0 spiro atoms. The molecule has 3 unspecified atom stereocenters. The first kappa shape index (κ1) is 7.29. The topological polar surface area (TPSA) is 37.3 Å². The van der Waals surface area contributed by atoms with Gasteiger partial charge in [-0.25, -0.2) is 0 Å². The highest BCUT2D eigenvalue weighted by atomic mass is 16.3. The number of rotatable bonds is 0. The molecule has 0 radical (unpaired) electrons. The van der Waals surface area contributed by atoms with Gasteiger partial charge in [0.2, 0.25) is 0 Å². The van der Waals surface area contributed by atoms with Gasteiger partial charge >= 0.3 is 0 Å². The number of aliphatic hydroxyl groups is 1. The number of carbonyl (C=O) groups excluding carboxylic acids is 1. The summed E-state index contributed by atoms with van der Waals surface area (Å²) in [5.41, 5.74) is 0. The second-order valence-electron chi connectivity index (χ2n) is 3.84. The van der Waals surface area contributed by atoms with Crippen molar-refractivity contribution >= 4 is 5.78 Å². The Morgan fingerprint density at radius 1 is 1.27 bits per heavy atom. The molecule has 0 heterocycles. The molecule has 3 atom stereocenters. The summed E-state index contributed by atoms with van der Waals surface area (Å²) in [5.74, 6) is 1.18. The average Bonchev–Trinajstić information content (AvgIpc) is 2.02. The van der Waals surface area contributed by atoms with E-state index in [2.05, 4.69) is 0 Å². The van der Waals surface area contributed by atoms with Crippen LogP contribution in [0.15, 0.2) is 0 Å². The number of hydrogen-bond acceptors (Lipinski definition) is 2. The van der Waals surface area contributed by atoms with Crippen LogP contribution in [0.3, 0.4) is 0 Å². The zero-order valence-electron chi connectivity index (χ0n) is 6.62. The Balaban J connectivity index is 2.08. The SMILES string of the molecule is O=C1CCC2CC1CCC2O. The molecule has 2 bridgehead atoms. The molecule has 2 heteroatoms. The van der Waals surface area contributed by atoms with Crippen LogP contribution in [-0.4, -0.2) is 17.0 Å². The summed E-state index contributed by atoms with van der Waals surface area (Å²) < 4.78 is 0. The van der Waals surface area contributed by atoms with Crippen molar-refractivity contribution in [3.63, 3.8) is 0 Å². The van der Waals surface area contributed by atoms with Crippen LogP contribution in [0.5, 0.6) is 0 Å². The van der Waals surface area contributed by atoms with E-state index in [1.165, 1.54) is 0 Å². The van der Waals surface area contributed by atoms with Crippen LogP contribution in [0.1, 0.15) is 32.1 Å². The van der Waals surface area contributed by atoms with E-state index in [0.717, 1.165) is 25.7 Å². The monoisotopic (exact) mass is 154 g/mol. The van der Waals surface area contributed by atoms with Crippen LogP contribution < -0.4 is 0 Å². The lowest BCUT2D eigenvalue weighted by atomic mass is 9.70. The molecule has 1 N–H and O–H groups in total. The van der Waals surface area contributed by atoms with E-state index in [4.69, 9.17) is 0 Å². The molecule has 2 saturated carbocycles. The maximum atomic E-state index is 11.2. The van der Waals surface area contributed by atoms with E-state index in [1.807, 2.05) is 0 Å². The zero-order chi connectivity index (χ0) is 7.84. The lowest BCUT2D eigenvalue weighted by molar-refractivity contribution is -0.129. The normalized spacial score (nSPS) is 44.1. The second kappa shape index (κ2) is 2.59. The number of ketones is 1. The highest BCUT2D eigenvalue weighted by Crippen LogP contribution is 2.37. The predicted molar refractivity (Wildman–Crippen MR) is 41.1 cm³/mol. The summed E-state index contributed by atoms with van der Waals surface area (Å²) in [6.07, 6.45) is 4.26. The molecule has 2 nitrogen and oxygen atoms in total. The van der Waals surface area contributed by atoms with Gasteiger partial charge in [-0.05, 0) is 31.6 Å². The van der Waals surface area contributed by atoms with Gasteiger partial charge in [0.15, 0.2) is 0 Å². The second-order valence-corrected chi connectivity index (χ2v) is 3.84. The van der Waals surface area contributed by atoms with Crippen LogP contribution in [0.4, 0.5) is 0 Å². The molecule has 11 heavy (non-hydrogen) atoms. The minimum atomic E-state index is -0.112. The average molecular weight is 154 g/mol. The number of Topliss-reactive ketones (excluding diaryl/α,β-unsaturated/α-hetero) is 1. The number of fused-ring (bicyclic) bond motifs is 2. The minimum Gasteiger partial charge on any atom is -0.393 e. The van der Waals surface area contributed by atoms with Crippen LogP contribution in [-0.2, 0) is 4.79 Å². The third-order valence-electron chi connectivity index (χ3n) is 3.16. The first-order valence-electron chi connectivity index (χ1n) is 4.48. The van der Waals surface area contributed by atoms with Gasteiger partial charge in [-0.2, -0.15) is 0 Å². The summed E-state index contributed by atoms with van der Waals surface area (Å²) in [4.78, 5) is 11.2. The quantitative estimate of drug-likeness (QED) is 0.568. The fourth-order valence-electron chi connectivity index (χ4n) is 2.38. The highest BCUT2D eigenvalue weighted by Gasteiger charge is 2.36. The van der Waals surface area contributed by atoms with Crippen molar-refractivity contribution < 1.29 is 9.90 Å². The molecule has 0 aliphatic heterocycles. The Hall–Kier alpha value is -0.370. The minimum absolute atomic E-state index is 0.112. The summed E-state index contributed by atoms with van der Waals surface area (Å²) in [7, 11) is 0. The molecular formula is C9H14O2. The van der Waals surface area contributed by atoms with Crippen molar-refractivity contribution in [3.8, 4) is 0 Å². The van der Waals surface area contributed by atoms with Crippen LogP contribution in [0.25, 0.3) is 0 Å². The maximum Gasteiger partial charge on any atom is 0.136 e. The van der Waals surface area contributed by atoms with Crippen LogP contribution in [0, 0.1) is 11.8 Å². The third-order valence-corrected chi connectivity index (χ3v) is 3.16. The van der Waals surface area contributed by atoms with Gasteiger partial charge in [0, 0.05) is 12.3 Å². The molecule has 2 aliphatic rings. The lowest BCUT2D eigenvalue weighted by Crippen LogP contribution is -2.36. The van der Waals surface area contributed by atoms with Crippen molar-refractivity contribution in [2.45, 2.75) is 38.2 Å². The van der Waals surface area contributed by atoms with E-state index in [9.17, 15) is 9.90 Å². The molecule has 0 amide bonds. The van der Waals surface area contributed by atoms with E-state index in [0.29, 0.717) is 24.0 Å². The van der Waals surface area contributed by atoms with Gasteiger partial charge in [-0.1, -0.05) is 0 Å². The van der Waals surface area contributed by atoms with E-state index in [-0.39, 0.29) is 6.10 Å². The smallest absolute Gasteiger partial charge is 0.136 e. The molecule has 0 aromatic carbocycles. The standard InChI is InChI=1S/C9H14O2/c10-8-3-1-6-5-7(8)2-4-9(6)11/h6-8,10H,1-5H2.